The summed E-state index contributed by atoms with van der Waals surface area (Å²) in [6.07, 6.45) is 4.98. The third-order valence-corrected chi connectivity index (χ3v) is 5.55. The van der Waals surface area contributed by atoms with Crippen LogP contribution < -0.4 is 10.2 Å². The zero-order valence-electron chi connectivity index (χ0n) is 16.4. The zero-order chi connectivity index (χ0) is 22.0. The average molecular weight is 439 g/mol. The largest absolute Gasteiger partial charge is 0.452 e. The van der Waals surface area contributed by atoms with E-state index < -0.39 is 18.5 Å². The Balaban J connectivity index is 1.36. The van der Waals surface area contributed by atoms with Gasteiger partial charge in [0.2, 0.25) is 11.8 Å². The van der Waals surface area contributed by atoms with E-state index >= 15 is 0 Å². The molecule has 0 aromatic heterocycles. The maximum absolute atomic E-state index is 12.6. The summed E-state index contributed by atoms with van der Waals surface area (Å²) in [6.45, 7) is -0.466. The summed E-state index contributed by atoms with van der Waals surface area (Å²) in [6, 6.07) is 12.6. The number of carbonyl (C=O) groups is 4. The van der Waals surface area contributed by atoms with E-state index in [0.29, 0.717) is 29.2 Å². The van der Waals surface area contributed by atoms with Gasteiger partial charge in [-0.15, -0.1) is 0 Å². The van der Waals surface area contributed by atoms with Gasteiger partial charge >= 0.3 is 5.97 Å². The van der Waals surface area contributed by atoms with Crippen molar-refractivity contribution in [1.29, 1.82) is 0 Å². The van der Waals surface area contributed by atoms with E-state index in [9.17, 15) is 19.2 Å². The number of fused-ring (bicyclic) bond motifs is 1. The molecule has 2 atom stereocenters. The van der Waals surface area contributed by atoms with Gasteiger partial charge in [0.05, 0.1) is 23.1 Å². The van der Waals surface area contributed by atoms with Crippen molar-refractivity contribution >= 4 is 46.7 Å². The molecule has 2 aliphatic rings. The minimum atomic E-state index is -0.690. The molecule has 31 heavy (non-hydrogen) atoms. The van der Waals surface area contributed by atoms with E-state index in [2.05, 4.69) is 5.32 Å². The molecule has 1 N–H and O–H groups in total. The number of rotatable bonds is 5. The molecular formula is C23H19ClN2O5. The molecule has 1 heterocycles. The standard InChI is InChI=1S/C23H19ClN2O5/c24-15-4-3-5-16(12-15)25-20(27)13-31-23(30)14-8-10-17(11-9-14)26-21(28)18-6-1-2-7-19(18)22(26)29/h1-5,8-12,18-19H,6-7,13H2,(H,25,27)/t18-,19+. The highest BCUT2D eigenvalue weighted by Crippen LogP contribution is 2.37. The number of hydrogen-bond acceptors (Lipinski definition) is 5. The first-order chi connectivity index (χ1) is 14.9. The third kappa shape index (κ3) is 4.36. The molecule has 1 saturated heterocycles. The highest BCUT2D eigenvalue weighted by atomic mass is 35.5. The van der Waals surface area contributed by atoms with Gasteiger partial charge in [-0.1, -0.05) is 29.8 Å². The summed E-state index contributed by atoms with van der Waals surface area (Å²) in [4.78, 5) is 50.7. The molecule has 1 aliphatic heterocycles. The van der Waals surface area contributed by atoms with Crippen LogP contribution in [0, 0.1) is 11.8 Å². The Labute approximate surface area is 183 Å². The lowest BCUT2D eigenvalue weighted by Crippen LogP contribution is -2.30. The van der Waals surface area contributed by atoms with Gasteiger partial charge in [0, 0.05) is 10.7 Å². The van der Waals surface area contributed by atoms with Crippen LogP contribution in [0.25, 0.3) is 0 Å². The van der Waals surface area contributed by atoms with Gasteiger partial charge in [-0.3, -0.25) is 19.3 Å². The maximum Gasteiger partial charge on any atom is 0.338 e. The van der Waals surface area contributed by atoms with Crippen molar-refractivity contribution in [3.63, 3.8) is 0 Å². The third-order valence-electron chi connectivity index (χ3n) is 5.31. The second kappa shape index (κ2) is 8.73. The number of amides is 3. The number of nitrogens with one attached hydrogen (secondary N) is 1. The molecule has 0 spiro atoms. The Morgan fingerprint density at radius 1 is 1.00 bits per heavy atom. The molecule has 2 aromatic rings. The van der Waals surface area contributed by atoms with Gasteiger partial charge in [0.1, 0.15) is 0 Å². The predicted octanol–water partition coefficient (Wildman–Crippen LogP) is 3.59. The fourth-order valence-corrected chi connectivity index (χ4v) is 3.97. The van der Waals surface area contributed by atoms with Gasteiger partial charge < -0.3 is 10.1 Å². The van der Waals surface area contributed by atoms with Gasteiger partial charge in [-0.05, 0) is 55.3 Å². The van der Waals surface area contributed by atoms with Crippen molar-refractivity contribution < 1.29 is 23.9 Å². The highest BCUT2D eigenvalue weighted by molar-refractivity contribution is 6.30. The second-order valence-corrected chi connectivity index (χ2v) is 7.79. The molecule has 0 unspecified atom stereocenters. The van der Waals surface area contributed by atoms with Crippen molar-refractivity contribution in [2.75, 3.05) is 16.8 Å². The Kier molecular flexibility index (Phi) is 5.86. The number of nitrogens with zero attached hydrogens (tertiary/aromatic N) is 1. The van der Waals surface area contributed by atoms with Gasteiger partial charge in [-0.2, -0.15) is 0 Å². The van der Waals surface area contributed by atoms with Crippen molar-refractivity contribution in [2.24, 2.45) is 11.8 Å². The van der Waals surface area contributed by atoms with Crippen molar-refractivity contribution in [3.05, 3.63) is 71.3 Å². The van der Waals surface area contributed by atoms with Crippen LogP contribution in [0.1, 0.15) is 23.2 Å². The topological polar surface area (TPSA) is 92.8 Å². The summed E-state index contributed by atoms with van der Waals surface area (Å²) in [5.74, 6) is -2.26. The lowest BCUT2D eigenvalue weighted by molar-refractivity contribution is -0.122. The van der Waals surface area contributed by atoms with Crippen LogP contribution in [-0.2, 0) is 19.1 Å². The lowest BCUT2D eigenvalue weighted by atomic mass is 9.85. The summed E-state index contributed by atoms with van der Waals surface area (Å²) >= 11 is 5.86. The molecule has 1 fully saturated rings. The van der Waals surface area contributed by atoms with Crippen LogP contribution in [0.3, 0.4) is 0 Å². The fraction of sp³-hybridized carbons (Fsp3) is 0.217. The smallest absolute Gasteiger partial charge is 0.338 e. The summed E-state index contributed by atoms with van der Waals surface area (Å²) in [5, 5.41) is 3.06. The highest BCUT2D eigenvalue weighted by Gasteiger charge is 2.47. The normalized spacial score (nSPS) is 19.8. The van der Waals surface area contributed by atoms with Crippen molar-refractivity contribution in [1.82, 2.24) is 0 Å². The summed E-state index contributed by atoms with van der Waals surface area (Å²) < 4.78 is 5.04. The number of allylic oxidation sites excluding steroid dienone is 2. The number of hydrogen-bond donors (Lipinski definition) is 1. The number of halogens is 1. The van der Waals surface area contributed by atoms with E-state index in [-0.39, 0.29) is 29.2 Å². The first kappa shape index (κ1) is 20.8. The molecule has 7 nitrogen and oxygen atoms in total. The number of imide groups is 1. The SMILES string of the molecule is O=C(COC(=O)c1ccc(N2C(=O)[C@H]3CC=CC[C@H]3C2=O)cc1)Nc1cccc(Cl)c1. The van der Waals surface area contributed by atoms with E-state index in [1.807, 2.05) is 12.2 Å². The molecule has 0 radical (unpaired) electrons. The van der Waals surface area contributed by atoms with Crippen LogP contribution in [0.4, 0.5) is 11.4 Å². The molecule has 0 bridgehead atoms. The number of anilines is 2. The summed E-state index contributed by atoms with van der Waals surface area (Å²) in [5.41, 5.74) is 1.12. The van der Waals surface area contributed by atoms with Crippen LogP contribution in [0.2, 0.25) is 5.02 Å². The Bertz CT molecular complexity index is 1050. The van der Waals surface area contributed by atoms with Crippen molar-refractivity contribution in [2.45, 2.75) is 12.8 Å². The lowest BCUT2D eigenvalue weighted by Gasteiger charge is -2.15. The molecule has 4 rings (SSSR count). The fourth-order valence-electron chi connectivity index (χ4n) is 3.78. The Morgan fingerprint density at radius 2 is 1.65 bits per heavy atom. The second-order valence-electron chi connectivity index (χ2n) is 7.35. The molecule has 3 amide bonds. The van der Waals surface area contributed by atoms with Crippen molar-refractivity contribution in [3.8, 4) is 0 Å². The Morgan fingerprint density at radius 3 is 2.26 bits per heavy atom. The minimum absolute atomic E-state index is 0.206. The van der Waals surface area contributed by atoms with Gasteiger partial charge in [0.15, 0.2) is 6.61 Å². The molecule has 158 valence electrons. The molecule has 2 aromatic carbocycles. The predicted molar refractivity (Wildman–Crippen MR) is 115 cm³/mol. The molecule has 0 saturated carbocycles. The van der Waals surface area contributed by atoms with E-state index in [4.69, 9.17) is 16.3 Å². The van der Waals surface area contributed by atoms with Gasteiger partial charge in [0.25, 0.3) is 5.91 Å². The van der Waals surface area contributed by atoms with Crippen LogP contribution in [0.15, 0.2) is 60.7 Å². The monoisotopic (exact) mass is 438 g/mol. The maximum atomic E-state index is 12.6. The first-order valence-electron chi connectivity index (χ1n) is 9.79. The quantitative estimate of drug-likeness (QED) is 0.437. The molecule has 1 aliphatic carbocycles. The van der Waals surface area contributed by atoms with E-state index in [1.165, 1.54) is 29.2 Å². The van der Waals surface area contributed by atoms with E-state index in [0.717, 1.165) is 0 Å². The summed E-state index contributed by atoms with van der Waals surface area (Å²) in [7, 11) is 0. The Hall–Kier alpha value is -3.45. The van der Waals surface area contributed by atoms with Crippen LogP contribution >= 0.6 is 11.6 Å². The first-order valence-corrected chi connectivity index (χ1v) is 10.2. The number of ether oxygens (including phenoxy) is 1. The van der Waals surface area contributed by atoms with Crippen LogP contribution in [0.5, 0.6) is 0 Å². The average Bonchev–Trinajstić information content (AvgIpc) is 3.02. The van der Waals surface area contributed by atoms with Crippen LogP contribution in [-0.4, -0.2) is 30.3 Å². The minimum Gasteiger partial charge on any atom is -0.452 e. The molecule has 8 heteroatoms. The van der Waals surface area contributed by atoms with E-state index in [1.54, 1.807) is 24.3 Å². The number of carbonyl (C=O) groups excluding carboxylic acids is 4. The number of benzene rings is 2. The molecular weight excluding hydrogens is 420 g/mol. The zero-order valence-corrected chi connectivity index (χ0v) is 17.2. The van der Waals surface area contributed by atoms with Gasteiger partial charge in [-0.25, -0.2) is 4.79 Å². The number of esters is 1.